The van der Waals surface area contributed by atoms with Crippen molar-refractivity contribution in [3.05, 3.63) is 62.8 Å². The largest absolute Gasteiger partial charge is 0.478 e. The van der Waals surface area contributed by atoms with Crippen molar-refractivity contribution in [2.75, 3.05) is 7.05 Å². The Morgan fingerprint density at radius 3 is 2.90 bits per heavy atom. The average Bonchev–Trinajstić information content (AvgIpc) is 2.83. The Morgan fingerprint density at radius 1 is 1.38 bits per heavy atom. The number of rotatable bonds is 6. The zero-order valence-corrected chi connectivity index (χ0v) is 13.2. The molecular weight excluding hydrogens is 306 g/mol. The van der Waals surface area contributed by atoms with Gasteiger partial charge in [0.05, 0.1) is 0 Å². The number of carboxylic acids is 1. The number of halogens is 1. The molecule has 2 rings (SSSR count). The van der Waals surface area contributed by atoms with Gasteiger partial charge < -0.3 is 5.11 Å². The van der Waals surface area contributed by atoms with E-state index in [2.05, 4.69) is 4.90 Å². The predicted molar refractivity (Wildman–Crippen MR) is 87.6 cm³/mol. The number of carboxylic acid groups (broad SMARTS) is 1. The molecule has 1 aromatic heterocycles. The number of hydrogen-bond acceptors (Lipinski definition) is 3. The van der Waals surface area contributed by atoms with E-state index in [1.54, 1.807) is 17.4 Å². The van der Waals surface area contributed by atoms with Crippen molar-refractivity contribution in [3.63, 3.8) is 0 Å². The minimum Gasteiger partial charge on any atom is -0.478 e. The first-order valence-electron chi connectivity index (χ1n) is 6.45. The Morgan fingerprint density at radius 2 is 2.19 bits per heavy atom. The van der Waals surface area contributed by atoms with Crippen LogP contribution in [-0.2, 0) is 17.9 Å². The Hall–Kier alpha value is -1.62. The molecule has 0 spiro atoms. The normalized spacial score (nSPS) is 11.4. The van der Waals surface area contributed by atoms with Crippen LogP contribution in [0.4, 0.5) is 0 Å². The Balaban J connectivity index is 2.01. The molecule has 0 aliphatic rings. The summed E-state index contributed by atoms with van der Waals surface area (Å²) in [6.07, 6.45) is 2.81. The zero-order valence-electron chi connectivity index (χ0n) is 11.6. The third kappa shape index (κ3) is 5.01. The molecule has 0 fully saturated rings. The molecule has 0 radical (unpaired) electrons. The first-order valence-corrected chi connectivity index (χ1v) is 7.70. The Kier molecular flexibility index (Phi) is 5.56. The van der Waals surface area contributed by atoms with Crippen LogP contribution in [-0.4, -0.2) is 23.0 Å². The van der Waals surface area contributed by atoms with Gasteiger partial charge in [0.15, 0.2) is 0 Å². The lowest BCUT2D eigenvalue weighted by Crippen LogP contribution is -2.16. The maximum absolute atomic E-state index is 10.6. The van der Waals surface area contributed by atoms with E-state index in [0.717, 1.165) is 34.1 Å². The van der Waals surface area contributed by atoms with Crippen molar-refractivity contribution in [2.45, 2.75) is 13.1 Å². The van der Waals surface area contributed by atoms with Crippen molar-refractivity contribution in [1.29, 1.82) is 0 Å². The maximum atomic E-state index is 10.6. The van der Waals surface area contributed by atoms with Crippen LogP contribution in [0.2, 0.25) is 5.02 Å². The van der Waals surface area contributed by atoms with Gasteiger partial charge >= 0.3 is 5.97 Å². The van der Waals surface area contributed by atoms with E-state index < -0.39 is 5.97 Å². The van der Waals surface area contributed by atoms with Gasteiger partial charge in [0.2, 0.25) is 0 Å². The summed E-state index contributed by atoms with van der Waals surface area (Å²) in [4.78, 5) is 13.9. The minimum absolute atomic E-state index is 0.738. The van der Waals surface area contributed by atoms with E-state index in [1.807, 2.05) is 42.8 Å². The van der Waals surface area contributed by atoms with Crippen molar-refractivity contribution in [2.24, 2.45) is 0 Å². The van der Waals surface area contributed by atoms with E-state index in [4.69, 9.17) is 16.7 Å². The summed E-state index contributed by atoms with van der Waals surface area (Å²) in [7, 11) is 2.03. The van der Waals surface area contributed by atoms with E-state index in [-0.39, 0.29) is 0 Å². The molecule has 5 heteroatoms. The highest BCUT2D eigenvalue weighted by Gasteiger charge is 2.07. The number of aliphatic carboxylic acids is 1. The Labute approximate surface area is 133 Å². The number of carbonyl (C=O) groups is 1. The first kappa shape index (κ1) is 15.8. The lowest BCUT2D eigenvalue weighted by molar-refractivity contribution is -0.131. The molecule has 0 unspecified atom stereocenters. The smallest absolute Gasteiger partial charge is 0.328 e. The molecule has 0 aliphatic heterocycles. The summed E-state index contributed by atoms with van der Waals surface area (Å²) in [6.45, 7) is 1.56. The van der Waals surface area contributed by atoms with Crippen LogP contribution >= 0.6 is 22.9 Å². The summed E-state index contributed by atoms with van der Waals surface area (Å²) in [5.41, 5.74) is 2.12. The van der Waals surface area contributed by atoms with Gasteiger partial charge in [-0.3, -0.25) is 4.90 Å². The number of hydrogen-bond donors (Lipinski definition) is 1. The van der Waals surface area contributed by atoms with Crippen molar-refractivity contribution in [3.8, 4) is 0 Å². The van der Waals surface area contributed by atoms with Crippen molar-refractivity contribution < 1.29 is 9.90 Å². The summed E-state index contributed by atoms with van der Waals surface area (Å²) in [6, 6.07) is 9.74. The third-order valence-electron chi connectivity index (χ3n) is 2.94. The fraction of sp³-hybridized carbons (Fsp3) is 0.188. The van der Waals surface area contributed by atoms with Gasteiger partial charge in [-0.2, -0.15) is 0 Å². The summed E-state index contributed by atoms with van der Waals surface area (Å²) in [5, 5.41) is 11.4. The number of benzene rings is 1. The lowest BCUT2D eigenvalue weighted by Gasteiger charge is -2.16. The molecule has 0 saturated carbocycles. The van der Waals surface area contributed by atoms with Crippen LogP contribution in [0.5, 0.6) is 0 Å². The van der Waals surface area contributed by atoms with Crippen LogP contribution in [0.15, 0.2) is 41.8 Å². The molecular formula is C16H16ClNO2S. The van der Waals surface area contributed by atoms with E-state index in [1.165, 1.54) is 6.08 Å². The standard InChI is InChI=1S/C16H16ClNO2S/c1-18(10-12-3-2-4-14(17)9-12)11-15-13(7-8-21-15)5-6-16(19)20/h2-9H,10-11H2,1H3,(H,19,20). The van der Waals surface area contributed by atoms with Crippen molar-refractivity contribution in [1.82, 2.24) is 4.90 Å². The van der Waals surface area contributed by atoms with Crippen LogP contribution in [0.25, 0.3) is 6.08 Å². The summed E-state index contributed by atoms with van der Waals surface area (Å²) in [5.74, 6) is -0.931. The van der Waals surface area contributed by atoms with Crippen LogP contribution in [0.1, 0.15) is 16.0 Å². The second kappa shape index (κ2) is 7.41. The molecule has 21 heavy (non-hydrogen) atoms. The number of thiophene rings is 1. The molecule has 0 amide bonds. The van der Waals surface area contributed by atoms with Crippen molar-refractivity contribution >= 4 is 35.0 Å². The van der Waals surface area contributed by atoms with Crippen LogP contribution < -0.4 is 0 Å². The minimum atomic E-state index is -0.931. The fourth-order valence-corrected chi connectivity index (χ4v) is 3.20. The fourth-order valence-electron chi connectivity index (χ4n) is 2.04. The van der Waals surface area contributed by atoms with Gasteiger partial charge in [0.1, 0.15) is 0 Å². The second-order valence-electron chi connectivity index (χ2n) is 4.77. The molecule has 3 nitrogen and oxygen atoms in total. The SMILES string of the molecule is CN(Cc1cccc(Cl)c1)Cc1sccc1C=CC(=O)O. The molecule has 2 aromatic rings. The quantitative estimate of drug-likeness (QED) is 0.813. The van der Waals surface area contributed by atoms with Gasteiger partial charge in [-0.15, -0.1) is 11.3 Å². The van der Waals surface area contributed by atoms with E-state index in [9.17, 15) is 4.79 Å². The van der Waals surface area contributed by atoms with Gasteiger partial charge in [-0.05, 0) is 47.8 Å². The predicted octanol–water partition coefficient (Wildman–Crippen LogP) is 4.13. The van der Waals surface area contributed by atoms with Crippen LogP contribution in [0.3, 0.4) is 0 Å². The van der Waals surface area contributed by atoms with Gasteiger partial charge in [-0.1, -0.05) is 23.7 Å². The highest BCUT2D eigenvalue weighted by Crippen LogP contribution is 2.21. The Bertz CT molecular complexity index is 651. The third-order valence-corrected chi connectivity index (χ3v) is 4.10. The first-order chi connectivity index (χ1) is 10.0. The lowest BCUT2D eigenvalue weighted by atomic mass is 10.2. The topological polar surface area (TPSA) is 40.5 Å². The summed E-state index contributed by atoms with van der Waals surface area (Å²) >= 11 is 7.62. The molecule has 1 aromatic carbocycles. The molecule has 110 valence electrons. The number of nitrogens with zero attached hydrogens (tertiary/aromatic N) is 1. The maximum Gasteiger partial charge on any atom is 0.328 e. The van der Waals surface area contributed by atoms with Gasteiger partial charge in [0.25, 0.3) is 0 Å². The molecule has 0 atom stereocenters. The molecule has 0 bridgehead atoms. The van der Waals surface area contributed by atoms with E-state index in [0.29, 0.717) is 0 Å². The van der Waals surface area contributed by atoms with E-state index >= 15 is 0 Å². The summed E-state index contributed by atoms with van der Waals surface area (Å²) < 4.78 is 0. The molecule has 1 heterocycles. The highest BCUT2D eigenvalue weighted by molar-refractivity contribution is 7.10. The van der Waals surface area contributed by atoms with Gasteiger partial charge in [0, 0.05) is 29.1 Å². The molecule has 1 N–H and O–H groups in total. The molecule has 0 saturated heterocycles. The highest BCUT2D eigenvalue weighted by atomic mass is 35.5. The van der Waals surface area contributed by atoms with Gasteiger partial charge in [-0.25, -0.2) is 4.79 Å². The van der Waals surface area contributed by atoms with Crippen LogP contribution in [0, 0.1) is 0 Å². The zero-order chi connectivity index (χ0) is 15.2. The average molecular weight is 322 g/mol. The second-order valence-corrected chi connectivity index (χ2v) is 6.21. The monoisotopic (exact) mass is 321 g/mol. The molecule has 0 aliphatic carbocycles.